The summed E-state index contributed by atoms with van der Waals surface area (Å²) < 4.78 is 8.33. The summed E-state index contributed by atoms with van der Waals surface area (Å²) >= 11 is 6.17. The topological polar surface area (TPSA) is 27.1 Å². The monoisotopic (exact) mass is 376 g/mol. The summed E-state index contributed by atoms with van der Waals surface area (Å²) in [7, 11) is 0. The van der Waals surface area contributed by atoms with Gasteiger partial charge in [0, 0.05) is 11.6 Å². The molecule has 0 radical (unpaired) electrons. The van der Waals surface area contributed by atoms with Gasteiger partial charge in [0.1, 0.15) is 18.2 Å². The van der Waals surface area contributed by atoms with Gasteiger partial charge in [-0.05, 0) is 60.9 Å². The molecule has 4 aromatic rings. The van der Waals surface area contributed by atoms with E-state index >= 15 is 0 Å². The fourth-order valence-corrected chi connectivity index (χ4v) is 3.45. The molecule has 0 aliphatic heterocycles. The number of ether oxygens (including phenoxy) is 1. The lowest BCUT2D eigenvalue weighted by molar-refractivity contribution is 0.289. The lowest BCUT2D eigenvalue weighted by atomic mass is 10.1. The highest BCUT2D eigenvalue weighted by atomic mass is 35.5. The fourth-order valence-electron chi connectivity index (χ4n) is 3.24. The van der Waals surface area contributed by atoms with Crippen molar-refractivity contribution < 1.29 is 4.74 Å². The average molecular weight is 377 g/mol. The Hall–Kier alpha value is -2.78. The van der Waals surface area contributed by atoms with Gasteiger partial charge < -0.3 is 9.30 Å². The number of hydrogen-bond donors (Lipinski definition) is 0. The third-order valence-electron chi connectivity index (χ3n) is 4.66. The van der Waals surface area contributed by atoms with E-state index in [9.17, 15) is 0 Å². The van der Waals surface area contributed by atoms with Crippen LogP contribution in [0, 0.1) is 13.8 Å². The van der Waals surface area contributed by atoms with E-state index in [4.69, 9.17) is 21.3 Å². The standard InChI is InChI=1S/C23H21ClN2O/c1-16-10-11-17(2)22(12-16)27-15-23-25-20-8-3-4-9-21(20)26(23)14-18-6-5-7-19(24)13-18/h3-13H,14-15H2,1-2H3. The molecule has 0 spiro atoms. The van der Waals surface area contributed by atoms with Crippen molar-refractivity contribution >= 4 is 22.6 Å². The molecular formula is C23H21ClN2O. The van der Waals surface area contributed by atoms with E-state index in [0.717, 1.165) is 38.8 Å². The van der Waals surface area contributed by atoms with E-state index in [1.54, 1.807) is 0 Å². The van der Waals surface area contributed by atoms with E-state index in [1.165, 1.54) is 5.56 Å². The van der Waals surface area contributed by atoms with E-state index in [2.05, 4.69) is 48.7 Å². The van der Waals surface area contributed by atoms with Crippen molar-refractivity contribution in [1.82, 2.24) is 9.55 Å². The van der Waals surface area contributed by atoms with Crippen LogP contribution in [0.25, 0.3) is 11.0 Å². The van der Waals surface area contributed by atoms with Crippen molar-refractivity contribution in [2.75, 3.05) is 0 Å². The first-order valence-electron chi connectivity index (χ1n) is 8.99. The summed E-state index contributed by atoms with van der Waals surface area (Å²) in [5.41, 5.74) is 5.51. The number of fused-ring (bicyclic) bond motifs is 1. The number of aryl methyl sites for hydroxylation is 2. The molecule has 0 aliphatic rings. The molecular weight excluding hydrogens is 356 g/mol. The molecule has 136 valence electrons. The van der Waals surface area contributed by atoms with E-state index in [-0.39, 0.29) is 0 Å². The molecule has 0 fully saturated rings. The second-order valence-corrected chi connectivity index (χ2v) is 7.23. The van der Waals surface area contributed by atoms with Crippen molar-refractivity contribution in [2.24, 2.45) is 0 Å². The lowest BCUT2D eigenvalue weighted by Crippen LogP contribution is -2.09. The number of hydrogen-bond acceptors (Lipinski definition) is 2. The molecule has 0 unspecified atom stereocenters. The highest BCUT2D eigenvalue weighted by Gasteiger charge is 2.12. The molecule has 4 rings (SSSR count). The predicted molar refractivity (Wildman–Crippen MR) is 111 cm³/mol. The minimum Gasteiger partial charge on any atom is -0.485 e. The number of nitrogens with zero attached hydrogens (tertiary/aromatic N) is 2. The maximum Gasteiger partial charge on any atom is 0.148 e. The van der Waals surface area contributed by atoms with Crippen molar-refractivity contribution in [3.63, 3.8) is 0 Å². The predicted octanol–water partition coefficient (Wildman–Crippen LogP) is 5.93. The van der Waals surface area contributed by atoms with Crippen molar-refractivity contribution in [1.29, 1.82) is 0 Å². The zero-order chi connectivity index (χ0) is 18.8. The summed E-state index contributed by atoms with van der Waals surface area (Å²) in [6, 6.07) is 22.4. The molecule has 0 atom stereocenters. The number of para-hydroxylation sites is 2. The zero-order valence-corrected chi connectivity index (χ0v) is 16.2. The molecule has 0 bridgehead atoms. The Labute approximate surface area is 164 Å². The minimum absolute atomic E-state index is 0.416. The molecule has 4 heteroatoms. The second-order valence-electron chi connectivity index (χ2n) is 6.79. The summed E-state index contributed by atoms with van der Waals surface area (Å²) in [6.07, 6.45) is 0. The zero-order valence-electron chi connectivity index (χ0n) is 15.4. The van der Waals surface area contributed by atoms with E-state index < -0.39 is 0 Å². The Morgan fingerprint density at radius 2 is 1.81 bits per heavy atom. The van der Waals surface area contributed by atoms with Crippen LogP contribution in [0.5, 0.6) is 5.75 Å². The SMILES string of the molecule is Cc1ccc(C)c(OCc2nc3ccccc3n2Cc2cccc(Cl)c2)c1. The van der Waals surface area contributed by atoms with Crippen molar-refractivity contribution in [3.05, 3.63) is 94.3 Å². The van der Waals surface area contributed by atoms with Gasteiger partial charge in [0.25, 0.3) is 0 Å². The van der Waals surface area contributed by atoms with Crippen LogP contribution < -0.4 is 4.74 Å². The first-order valence-corrected chi connectivity index (χ1v) is 9.36. The molecule has 0 saturated heterocycles. The smallest absolute Gasteiger partial charge is 0.148 e. The Kier molecular flexibility index (Phi) is 4.87. The molecule has 3 nitrogen and oxygen atoms in total. The third-order valence-corrected chi connectivity index (χ3v) is 4.90. The average Bonchev–Trinajstić information content (AvgIpc) is 3.00. The highest BCUT2D eigenvalue weighted by Crippen LogP contribution is 2.23. The van der Waals surface area contributed by atoms with Gasteiger partial charge in [-0.2, -0.15) is 0 Å². The molecule has 0 saturated carbocycles. The van der Waals surface area contributed by atoms with Crippen molar-refractivity contribution in [3.8, 4) is 5.75 Å². The molecule has 1 heterocycles. The van der Waals surface area contributed by atoms with Crippen LogP contribution in [0.2, 0.25) is 5.02 Å². The number of rotatable bonds is 5. The summed E-state index contributed by atoms with van der Waals surface area (Å²) in [5.74, 6) is 1.80. The van der Waals surface area contributed by atoms with Crippen LogP contribution in [0.15, 0.2) is 66.7 Å². The Bertz CT molecular complexity index is 1100. The maximum atomic E-state index is 6.17. The Morgan fingerprint density at radius 3 is 2.67 bits per heavy atom. The van der Waals surface area contributed by atoms with Crippen LogP contribution in [0.4, 0.5) is 0 Å². The molecule has 3 aromatic carbocycles. The van der Waals surface area contributed by atoms with Gasteiger partial charge in [-0.3, -0.25) is 0 Å². The van der Waals surface area contributed by atoms with Crippen molar-refractivity contribution in [2.45, 2.75) is 27.0 Å². The van der Waals surface area contributed by atoms with Gasteiger partial charge in [-0.25, -0.2) is 4.98 Å². The Balaban J connectivity index is 1.68. The van der Waals surface area contributed by atoms with Crippen LogP contribution in [0.1, 0.15) is 22.5 Å². The molecule has 0 amide bonds. The molecule has 1 aromatic heterocycles. The largest absolute Gasteiger partial charge is 0.485 e. The first-order chi connectivity index (χ1) is 13.1. The molecule has 0 N–H and O–H groups in total. The summed E-state index contributed by atoms with van der Waals surface area (Å²) in [5, 5.41) is 0.741. The van der Waals surface area contributed by atoms with Crippen LogP contribution in [-0.4, -0.2) is 9.55 Å². The van der Waals surface area contributed by atoms with Gasteiger partial charge >= 0.3 is 0 Å². The molecule has 0 aliphatic carbocycles. The van der Waals surface area contributed by atoms with E-state index in [0.29, 0.717) is 13.2 Å². The van der Waals surface area contributed by atoms with Gasteiger partial charge in [0.15, 0.2) is 0 Å². The summed E-state index contributed by atoms with van der Waals surface area (Å²) in [6.45, 7) is 5.25. The normalized spacial score (nSPS) is 11.1. The number of halogens is 1. The number of aromatic nitrogens is 2. The maximum absolute atomic E-state index is 6.17. The molecule has 27 heavy (non-hydrogen) atoms. The summed E-state index contributed by atoms with van der Waals surface area (Å²) in [4.78, 5) is 4.80. The fraction of sp³-hybridized carbons (Fsp3) is 0.174. The minimum atomic E-state index is 0.416. The van der Waals surface area contributed by atoms with Crippen LogP contribution >= 0.6 is 11.6 Å². The van der Waals surface area contributed by atoms with Crippen LogP contribution in [-0.2, 0) is 13.2 Å². The number of imidazole rings is 1. The number of benzene rings is 3. The van der Waals surface area contributed by atoms with Gasteiger partial charge in [-0.1, -0.05) is 48.0 Å². The van der Waals surface area contributed by atoms with Gasteiger partial charge in [0.05, 0.1) is 11.0 Å². The highest BCUT2D eigenvalue weighted by molar-refractivity contribution is 6.30. The van der Waals surface area contributed by atoms with Gasteiger partial charge in [0.2, 0.25) is 0 Å². The second kappa shape index (κ2) is 7.45. The van der Waals surface area contributed by atoms with E-state index in [1.807, 2.05) is 36.4 Å². The Morgan fingerprint density at radius 1 is 0.963 bits per heavy atom. The lowest BCUT2D eigenvalue weighted by Gasteiger charge is -2.12. The first kappa shape index (κ1) is 17.6. The quantitative estimate of drug-likeness (QED) is 0.431. The van der Waals surface area contributed by atoms with Gasteiger partial charge in [-0.15, -0.1) is 0 Å². The van der Waals surface area contributed by atoms with Crippen LogP contribution in [0.3, 0.4) is 0 Å². The third kappa shape index (κ3) is 3.83.